The Morgan fingerprint density at radius 1 is 1.13 bits per heavy atom. The number of ether oxygens (including phenoxy) is 1. The molecule has 10 nitrogen and oxygen atoms in total. The zero-order valence-corrected chi connectivity index (χ0v) is 27.5. The van der Waals surface area contributed by atoms with E-state index >= 15 is 4.39 Å². The lowest BCUT2D eigenvalue weighted by molar-refractivity contribution is 0.0218. The van der Waals surface area contributed by atoms with Crippen molar-refractivity contribution in [2.45, 2.75) is 84.8 Å². The van der Waals surface area contributed by atoms with Crippen molar-refractivity contribution in [2.24, 2.45) is 0 Å². The number of fused-ring (bicyclic) bond motifs is 1. The van der Waals surface area contributed by atoms with E-state index in [-0.39, 0.29) is 29.5 Å². The van der Waals surface area contributed by atoms with Crippen LogP contribution < -0.4 is 10.6 Å². The standard InChI is InChI=1S/C35H41FN6O4/c1-19(2)28-30(20(3)13-14-37-28)42-32-25(17-24(22-11-12-22)29(38-32)23-9-8-10-26(43)27(23)36)31(39-33(42)44)41-16-15-40(18-21(41)4)34(45)46-35(5,6)7/h8-10,13-14,17,19,21-22,43H,11-12,15-16,18H2,1-7H3/t21-/m0/s1. The molecule has 46 heavy (non-hydrogen) atoms. The van der Waals surface area contributed by atoms with Crippen LogP contribution in [0, 0.1) is 12.7 Å². The first kappa shape index (κ1) is 31.4. The Labute approximate surface area is 267 Å². The van der Waals surface area contributed by atoms with Crippen LogP contribution in [0.4, 0.5) is 15.0 Å². The van der Waals surface area contributed by atoms with Crippen molar-refractivity contribution in [3.8, 4) is 22.7 Å². The third-order valence-electron chi connectivity index (χ3n) is 8.60. The second kappa shape index (κ2) is 11.7. The molecular weight excluding hydrogens is 587 g/mol. The summed E-state index contributed by atoms with van der Waals surface area (Å²) >= 11 is 0. The van der Waals surface area contributed by atoms with Crippen molar-refractivity contribution < 1.29 is 19.0 Å². The van der Waals surface area contributed by atoms with E-state index in [0.717, 1.165) is 29.7 Å². The zero-order chi connectivity index (χ0) is 33.1. The van der Waals surface area contributed by atoms with Crippen LogP contribution >= 0.6 is 0 Å². The summed E-state index contributed by atoms with van der Waals surface area (Å²) < 4.78 is 22.6. The predicted octanol–water partition coefficient (Wildman–Crippen LogP) is 6.44. The number of aromatic nitrogens is 4. The van der Waals surface area contributed by atoms with Crippen molar-refractivity contribution >= 4 is 22.9 Å². The summed E-state index contributed by atoms with van der Waals surface area (Å²) in [6.07, 6.45) is 3.19. The number of carbonyl (C=O) groups excluding carboxylic acids is 1. The number of phenolic OH excluding ortho intramolecular Hbond substituents is 1. The molecular formula is C35H41FN6O4. The number of carbonyl (C=O) groups is 1. The van der Waals surface area contributed by atoms with Gasteiger partial charge in [0.15, 0.2) is 17.2 Å². The van der Waals surface area contributed by atoms with Crippen LogP contribution in [-0.2, 0) is 4.74 Å². The topological polar surface area (TPSA) is 114 Å². The molecule has 0 unspecified atom stereocenters. The van der Waals surface area contributed by atoms with E-state index in [9.17, 15) is 14.7 Å². The molecule has 0 bridgehead atoms. The first-order chi connectivity index (χ1) is 21.7. The lowest BCUT2D eigenvalue weighted by Crippen LogP contribution is -2.55. The fraction of sp³-hybridized carbons (Fsp3) is 0.457. The maximum Gasteiger partial charge on any atom is 0.410 e. The van der Waals surface area contributed by atoms with Gasteiger partial charge in [-0.05, 0) is 94.7 Å². The first-order valence-corrected chi connectivity index (χ1v) is 15.9. The van der Waals surface area contributed by atoms with E-state index < -0.39 is 22.9 Å². The quantitative estimate of drug-likeness (QED) is 0.269. The number of aromatic hydroxyl groups is 1. The Kier molecular flexibility index (Phi) is 7.98. The molecule has 1 N–H and O–H groups in total. The summed E-state index contributed by atoms with van der Waals surface area (Å²) in [4.78, 5) is 45.2. The van der Waals surface area contributed by atoms with Gasteiger partial charge in [0.05, 0.1) is 22.5 Å². The number of rotatable bonds is 5. The molecule has 0 radical (unpaired) electrons. The number of anilines is 1. The average molecular weight is 629 g/mol. The molecule has 1 saturated heterocycles. The van der Waals surface area contributed by atoms with Crippen LogP contribution in [0.2, 0.25) is 0 Å². The number of amides is 1. The van der Waals surface area contributed by atoms with Gasteiger partial charge < -0.3 is 19.6 Å². The minimum atomic E-state index is -0.758. The highest BCUT2D eigenvalue weighted by Gasteiger charge is 2.35. The Balaban J connectivity index is 1.59. The molecule has 1 aliphatic heterocycles. The number of benzene rings is 1. The van der Waals surface area contributed by atoms with E-state index in [1.807, 2.05) is 65.5 Å². The van der Waals surface area contributed by atoms with Crippen molar-refractivity contribution in [2.75, 3.05) is 24.5 Å². The maximum atomic E-state index is 15.5. The Hall–Kier alpha value is -4.54. The first-order valence-electron chi connectivity index (χ1n) is 15.9. The lowest BCUT2D eigenvalue weighted by Gasteiger charge is -2.41. The van der Waals surface area contributed by atoms with Crippen LogP contribution in [0.1, 0.15) is 83.0 Å². The zero-order valence-electron chi connectivity index (χ0n) is 27.5. The monoisotopic (exact) mass is 628 g/mol. The van der Waals surface area contributed by atoms with Gasteiger partial charge >= 0.3 is 11.8 Å². The van der Waals surface area contributed by atoms with Crippen molar-refractivity contribution in [1.82, 2.24) is 24.4 Å². The molecule has 2 fully saturated rings. The number of aryl methyl sites for hydroxylation is 1. The largest absolute Gasteiger partial charge is 0.505 e. The molecule has 11 heteroatoms. The van der Waals surface area contributed by atoms with E-state index in [1.165, 1.54) is 10.6 Å². The van der Waals surface area contributed by atoms with Crippen molar-refractivity contribution in [3.63, 3.8) is 0 Å². The fourth-order valence-electron chi connectivity index (χ4n) is 6.24. The average Bonchev–Trinajstić information content (AvgIpc) is 3.83. The third-order valence-corrected chi connectivity index (χ3v) is 8.60. The van der Waals surface area contributed by atoms with Gasteiger partial charge in [-0.15, -0.1) is 0 Å². The third kappa shape index (κ3) is 5.78. The molecule has 6 rings (SSSR count). The normalized spacial score (nSPS) is 17.2. The smallest absolute Gasteiger partial charge is 0.410 e. The van der Waals surface area contributed by atoms with Gasteiger partial charge in [0, 0.05) is 37.4 Å². The highest BCUT2D eigenvalue weighted by Crippen LogP contribution is 2.46. The highest BCUT2D eigenvalue weighted by atomic mass is 19.1. The van der Waals surface area contributed by atoms with Gasteiger partial charge in [0.25, 0.3) is 0 Å². The van der Waals surface area contributed by atoms with Gasteiger partial charge in [0.2, 0.25) is 0 Å². The second-order valence-corrected chi connectivity index (χ2v) is 13.7. The Morgan fingerprint density at radius 3 is 2.52 bits per heavy atom. The molecule has 1 amide bonds. The number of hydrogen-bond acceptors (Lipinski definition) is 8. The lowest BCUT2D eigenvalue weighted by atomic mass is 9.99. The minimum absolute atomic E-state index is 0.00815. The fourth-order valence-corrected chi connectivity index (χ4v) is 6.24. The van der Waals surface area contributed by atoms with Crippen LogP contribution in [0.15, 0.2) is 41.3 Å². The highest BCUT2D eigenvalue weighted by molar-refractivity contribution is 5.92. The van der Waals surface area contributed by atoms with Crippen LogP contribution in [0.3, 0.4) is 0 Å². The Morgan fingerprint density at radius 2 is 1.87 bits per heavy atom. The summed E-state index contributed by atoms with van der Waals surface area (Å²) in [6.45, 7) is 14.7. The van der Waals surface area contributed by atoms with Gasteiger partial charge in [-0.3, -0.25) is 4.98 Å². The van der Waals surface area contributed by atoms with Gasteiger partial charge in [-0.25, -0.2) is 23.5 Å². The van der Waals surface area contributed by atoms with E-state index in [1.54, 1.807) is 23.2 Å². The molecule has 4 heterocycles. The molecule has 1 aliphatic carbocycles. The summed E-state index contributed by atoms with van der Waals surface area (Å²) in [5.41, 5.74) is 2.74. The molecule has 0 spiro atoms. The van der Waals surface area contributed by atoms with Crippen LogP contribution in [0.25, 0.3) is 28.0 Å². The van der Waals surface area contributed by atoms with Gasteiger partial charge in [0.1, 0.15) is 11.4 Å². The number of hydrogen-bond donors (Lipinski definition) is 1. The number of phenols is 1. The van der Waals surface area contributed by atoms with Crippen molar-refractivity contribution in [3.05, 3.63) is 69.7 Å². The molecule has 242 valence electrons. The maximum absolute atomic E-state index is 15.5. The summed E-state index contributed by atoms with van der Waals surface area (Å²) in [7, 11) is 0. The summed E-state index contributed by atoms with van der Waals surface area (Å²) in [5, 5.41) is 10.9. The predicted molar refractivity (Wildman–Crippen MR) is 175 cm³/mol. The van der Waals surface area contributed by atoms with Gasteiger partial charge in [-0.2, -0.15) is 4.98 Å². The van der Waals surface area contributed by atoms with Gasteiger partial charge in [-0.1, -0.05) is 19.9 Å². The van der Waals surface area contributed by atoms with Crippen LogP contribution in [0.5, 0.6) is 5.75 Å². The minimum Gasteiger partial charge on any atom is -0.505 e. The van der Waals surface area contributed by atoms with Crippen LogP contribution in [-0.4, -0.2) is 66.9 Å². The van der Waals surface area contributed by atoms with E-state index in [4.69, 9.17) is 14.7 Å². The molecule has 1 aromatic carbocycles. The number of pyridine rings is 2. The second-order valence-electron chi connectivity index (χ2n) is 13.7. The van der Waals surface area contributed by atoms with E-state index in [0.29, 0.717) is 47.9 Å². The molecule has 1 atom stereocenters. The number of halogens is 1. The Bertz CT molecular complexity index is 1900. The number of nitrogens with zero attached hydrogens (tertiary/aromatic N) is 6. The molecule has 3 aromatic heterocycles. The molecule has 1 saturated carbocycles. The van der Waals surface area contributed by atoms with E-state index in [2.05, 4.69) is 4.98 Å². The number of piperazine rings is 1. The SMILES string of the molecule is Cc1ccnc(C(C)C)c1-n1c(=O)nc(N2CCN(C(=O)OC(C)(C)C)C[C@@H]2C)c2cc(C3CC3)c(-c3cccc(O)c3F)nc21. The molecule has 4 aromatic rings. The summed E-state index contributed by atoms with van der Waals surface area (Å²) in [5.74, 6) is -0.596. The van der Waals surface area contributed by atoms with Crippen molar-refractivity contribution in [1.29, 1.82) is 0 Å². The summed E-state index contributed by atoms with van der Waals surface area (Å²) in [6, 6.07) is 8.15. The molecule has 2 aliphatic rings.